The van der Waals surface area contributed by atoms with Gasteiger partial charge in [-0.05, 0) is 24.1 Å². The minimum Gasteiger partial charge on any atom is -0.354 e. The summed E-state index contributed by atoms with van der Waals surface area (Å²) in [5.74, 6) is -0.0877. The van der Waals surface area contributed by atoms with E-state index < -0.39 is 0 Å². The van der Waals surface area contributed by atoms with Crippen LogP contribution < -0.4 is 5.32 Å². The highest BCUT2D eigenvalue weighted by Gasteiger charge is 2.05. The number of hydrogen-bond donors (Lipinski definition) is 1. The quantitative estimate of drug-likeness (QED) is 0.799. The number of aldehydes is 1. The van der Waals surface area contributed by atoms with E-state index in [1.54, 1.807) is 22.9 Å². The number of nitrogens with zero attached hydrogens (tertiary/aromatic N) is 1. The summed E-state index contributed by atoms with van der Waals surface area (Å²) in [6.45, 7) is 0.774. The normalized spacial score (nSPS) is 10.1. The van der Waals surface area contributed by atoms with E-state index in [2.05, 4.69) is 5.32 Å². The van der Waals surface area contributed by atoms with Gasteiger partial charge in [-0.3, -0.25) is 9.59 Å². The van der Waals surface area contributed by atoms with Gasteiger partial charge in [0.1, 0.15) is 6.54 Å². The van der Waals surface area contributed by atoms with E-state index in [9.17, 15) is 9.59 Å². The molecule has 0 radical (unpaired) electrons. The Morgan fingerprint density at radius 1 is 1.16 bits per heavy atom. The van der Waals surface area contributed by atoms with Crippen LogP contribution in [0.15, 0.2) is 48.7 Å². The average Bonchev–Trinajstić information content (AvgIpc) is 2.87. The molecule has 0 aliphatic carbocycles. The summed E-state index contributed by atoms with van der Waals surface area (Å²) in [5, 5.41) is 2.85. The molecule has 98 valence electrons. The van der Waals surface area contributed by atoms with E-state index in [0.717, 1.165) is 12.7 Å². The van der Waals surface area contributed by atoms with Crippen LogP contribution in [0.3, 0.4) is 0 Å². The van der Waals surface area contributed by atoms with Crippen LogP contribution >= 0.6 is 0 Å². The number of carbonyl (C=O) groups is 2. The van der Waals surface area contributed by atoms with Crippen LogP contribution in [0.5, 0.6) is 0 Å². The zero-order valence-corrected chi connectivity index (χ0v) is 10.6. The third kappa shape index (κ3) is 3.81. The van der Waals surface area contributed by atoms with Crippen LogP contribution in [0, 0.1) is 0 Å². The van der Waals surface area contributed by atoms with E-state index >= 15 is 0 Å². The first-order valence-corrected chi connectivity index (χ1v) is 6.20. The van der Waals surface area contributed by atoms with Gasteiger partial charge >= 0.3 is 0 Å². The SMILES string of the molecule is O=Cc1cccn1CC(=O)NCCc1ccccc1. The molecular formula is C15H16N2O2. The Morgan fingerprint density at radius 2 is 1.95 bits per heavy atom. The van der Waals surface area contributed by atoms with Crippen molar-refractivity contribution in [1.29, 1.82) is 0 Å². The van der Waals surface area contributed by atoms with Gasteiger partial charge in [0.25, 0.3) is 0 Å². The van der Waals surface area contributed by atoms with Crippen molar-refractivity contribution in [3.8, 4) is 0 Å². The summed E-state index contributed by atoms with van der Waals surface area (Å²) in [5.41, 5.74) is 1.70. The summed E-state index contributed by atoms with van der Waals surface area (Å²) in [7, 11) is 0. The van der Waals surface area contributed by atoms with Gasteiger partial charge in [0.2, 0.25) is 5.91 Å². The summed E-state index contributed by atoms with van der Waals surface area (Å²) >= 11 is 0. The Bertz CT molecular complexity index is 546. The molecule has 1 aromatic heterocycles. The molecule has 1 aromatic carbocycles. The van der Waals surface area contributed by atoms with Crippen molar-refractivity contribution in [2.75, 3.05) is 6.54 Å². The first-order valence-electron chi connectivity index (χ1n) is 6.20. The van der Waals surface area contributed by atoms with Gasteiger partial charge < -0.3 is 9.88 Å². The molecule has 0 saturated carbocycles. The van der Waals surface area contributed by atoms with Crippen LogP contribution in [-0.2, 0) is 17.8 Å². The molecule has 1 N–H and O–H groups in total. The molecule has 0 atom stereocenters. The smallest absolute Gasteiger partial charge is 0.239 e. The molecule has 1 amide bonds. The van der Waals surface area contributed by atoms with Gasteiger partial charge in [-0.2, -0.15) is 0 Å². The van der Waals surface area contributed by atoms with Gasteiger partial charge in [0.15, 0.2) is 6.29 Å². The number of hydrogen-bond acceptors (Lipinski definition) is 2. The molecule has 2 rings (SSSR count). The molecule has 0 aliphatic heterocycles. The lowest BCUT2D eigenvalue weighted by atomic mass is 10.1. The number of nitrogens with one attached hydrogen (secondary N) is 1. The minimum absolute atomic E-state index is 0.0877. The van der Waals surface area contributed by atoms with Gasteiger partial charge in [0, 0.05) is 12.7 Å². The number of rotatable bonds is 6. The highest BCUT2D eigenvalue weighted by Crippen LogP contribution is 2.00. The molecule has 0 fully saturated rings. The van der Waals surface area contributed by atoms with Crippen molar-refractivity contribution in [2.24, 2.45) is 0 Å². The molecule has 0 saturated heterocycles. The lowest BCUT2D eigenvalue weighted by Crippen LogP contribution is -2.29. The maximum absolute atomic E-state index is 11.7. The van der Waals surface area contributed by atoms with Gasteiger partial charge in [0.05, 0.1) is 5.69 Å². The van der Waals surface area contributed by atoms with E-state index in [0.29, 0.717) is 12.2 Å². The largest absolute Gasteiger partial charge is 0.354 e. The Hall–Kier alpha value is -2.36. The third-order valence-electron chi connectivity index (χ3n) is 2.88. The predicted octanol–water partition coefficient (Wildman–Crippen LogP) is 1.66. The molecule has 2 aromatic rings. The molecule has 4 nitrogen and oxygen atoms in total. The first-order chi connectivity index (χ1) is 9.29. The fraction of sp³-hybridized carbons (Fsp3) is 0.200. The van der Waals surface area contributed by atoms with Crippen molar-refractivity contribution >= 4 is 12.2 Å². The summed E-state index contributed by atoms with van der Waals surface area (Å²) in [6.07, 6.45) is 3.27. The topological polar surface area (TPSA) is 51.1 Å². The molecule has 0 spiro atoms. The van der Waals surface area contributed by atoms with Crippen molar-refractivity contribution in [3.63, 3.8) is 0 Å². The van der Waals surface area contributed by atoms with Crippen molar-refractivity contribution in [1.82, 2.24) is 9.88 Å². The standard InChI is InChI=1S/C15H16N2O2/c18-12-14-7-4-10-17(14)11-15(19)16-9-8-13-5-2-1-3-6-13/h1-7,10,12H,8-9,11H2,(H,16,19). The van der Waals surface area contributed by atoms with Crippen LogP contribution in [0.2, 0.25) is 0 Å². The highest BCUT2D eigenvalue weighted by atomic mass is 16.2. The average molecular weight is 256 g/mol. The molecule has 0 unspecified atom stereocenters. The summed E-state index contributed by atoms with van der Waals surface area (Å²) in [6, 6.07) is 13.4. The Kier molecular flexibility index (Phi) is 4.50. The molecule has 0 bridgehead atoms. The highest BCUT2D eigenvalue weighted by molar-refractivity contribution is 5.78. The monoisotopic (exact) mass is 256 g/mol. The van der Waals surface area contributed by atoms with Crippen molar-refractivity contribution in [2.45, 2.75) is 13.0 Å². The van der Waals surface area contributed by atoms with E-state index in [-0.39, 0.29) is 12.5 Å². The maximum Gasteiger partial charge on any atom is 0.239 e. The van der Waals surface area contributed by atoms with Gasteiger partial charge in [-0.1, -0.05) is 30.3 Å². The number of benzene rings is 1. The second kappa shape index (κ2) is 6.54. The zero-order chi connectivity index (χ0) is 13.5. The number of aromatic nitrogens is 1. The van der Waals surface area contributed by atoms with E-state index in [4.69, 9.17) is 0 Å². The Labute approximate surface area is 112 Å². The minimum atomic E-state index is -0.0877. The lowest BCUT2D eigenvalue weighted by molar-refractivity contribution is -0.121. The lowest BCUT2D eigenvalue weighted by Gasteiger charge is -2.07. The van der Waals surface area contributed by atoms with E-state index in [1.807, 2.05) is 30.3 Å². The second-order valence-electron chi connectivity index (χ2n) is 4.26. The predicted molar refractivity (Wildman–Crippen MR) is 73.0 cm³/mol. The van der Waals surface area contributed by atoms with Crippen LogP contribution in [-0.4, -0.2) is 23.3 Å². The fourth-order valence-electron chi connectivity index (χ4n) is 1.88. The zero-order valence-electron chi connectivity index (χ0n) is 10.6. The van der Waals surface area contributed by atoms with Crippen molar-refractivity contribution < 1.29 is 9.59 Å². The third-order valence-corrected chi connectivity index (χ3v) is 2.88. The number of carbonyl (C=O) groups excluding carboxylic acids is 2. The molecule has 4 heteroatoms. The molecule has 1 heterocycles. The summed E-state index contributed by atoms with van der Waals surface area (Å²) < 4.78 is 1.63. The fourth-order valence-corrected chi connectivity index (χ4v) is 1.88. The Balaban J connectivity index is 1.78. The van der Waals surface area contributed by atoms with Crippen LogP contribution in [0.4, 0.5) is 0 Å². The Morgan fingerprint density at radius 3 is 2.68 bits per heavy atom. The molecule has 0 aliphatic rings. The van der Waals surface area contributed by atoms with Gasteiger partial charge in [-0.15, -0.1) is 0 Å². The van der Waals surface area contributed by atoms with Crippen LogP contribution in [0.25, 0.3) is 0 Å². The van der Waals surface area contributed by atoms with Crippen molar-refractivity contribution in [3.05, 3.63) is 59.9 Å². The van der Waals surface area contributed by atoms with Gasteiger partial charge in [-0.25, -0.2) is 0 Å². The summed E-state index contributed by atoms with van der Waals surface area (Å²) in [4.78, 5) is 22.4. The maximum atomic E-state index is 11.7. The molecule has 19 heavy (non-hydrogen) atoms. The van der Waals surface area contributed by atoms with Crippen LogP contribution in [0.1, 0.15) is 16.1 Å². The second-order valence-corrected chi connectivity index (χ2v) is 4.26. The molecular weight excluding hydrogens is 240 g/mol. The number of amides is 1. The first kappa shape index (κ1) is 13.1. The van der Waals surface area contributed by atoms with E-state index in [1.165, 1.54) is 5.56 Å².